The summed E-state index contributed by atoms with van der Waals surface area (Å²) in [6.07, 6.45) is 0.351. The molecule has 0 rings (SSSR count). The highest BCUT2D eigenvalue weighted by atomic mass is 16.5. The van der Waals surface area contributed by atoms with Crippen LogP contribution in [0.1, 0.15) is 25.7 Å². The highest BCUT2D eigenvalue weighted by molar-refractivity contribution is 5.83. The molecule has 3 amide bonds. The Hall–Kier alpha value is -2.32. The van der Waals surface area contributed by atoms with E-state index in [1.807, 2.05) is 0 Å². The monoisotopic (exact) mass is 303 g/mol. The minimum atomic E-state index is -1.24. The Kier molecular flexibility index (Phi) is 8.51. The number of hydrogen-bond donors (Lipinski definition) is 3. The van der Waals surface area contributed by atoms with Crippen molar-refractivity contribution in [3.63, 3.8) is 0 Å². The SMILES string of the molecule is COC(=O)CCCN(C)C(=O)N[C@@H](CCC(N)=O)C(=O)O. The van der Waals surface area contributed by atoms with Gasteiger partial charge < -0.3 is 25.8 Å². The van der Waals surface area contributed by atoms with Crippen LogP contribution in [0.2, 0.25) is 0 Å². The maximum Gasteiger partial charge on any atom is 0.326 e. The molecular formula is C12H21N3O6. The summed E-state index contributed by atoms with van der Waals surface area (Å²) < 4.78 is 4.46. The van der Waals surface area contributed by atoms with E-state index in [1.165, 1.54) is 19.1 Å². The van der Waals surface area contributed by atoms with E-state index in [4.69, 9.17) is 10.8 Å². The van der Waals surface area contributed by atoms with Gasteiger partial charge in [-0.25, -0.2) is 9.59 Å². The fourth-order valence-corrected chi connectivity index (χ4v) is 1.47. The van der Waals surface area contributed by atoms with Crippen LogP contribution in [-0.4, -0.2) is 60.6 Å². The van der Waals surface area contributed by atoms with Gasteiger partial charge in [-0.05, 0) is 12.8 Å². The summed E-state index contributed by atoms with van der Waals surface area (Å²) in [5.74, 6) is -2.26. The number of amides is 3. The summed E-state index contributed by atoms with van der Waals surface area (Å²) in [5.41, 5.74) is 4.94. The molecule has 1 atom stereocenters. The molecule has 0 aliphatic rings. The molecule has 0 unspecified atom stereocenters. The van der Waals surface area contributed by atoms with E-state index in [0.29, 0.717) is 6.42 Å². The average molecular weight is 303 g/mol. The lowest BCUT2D eigenvalue weighted by Crippen LogP contribution is -2.47. The van der Waals surface area contributed by atoms with E-state index >= 15 is 0 Å². The molecule has 0 aromatic carbocycles. The van der Waals surface area contributed by atoms with E-state index < -0.39 is 23.9 Å². The average Bonchev–Trinajstić information content (AvgIpc) is 2.41. The van der Waals surface area contributed by atoms with Crippen LogP contribution in [0, 0.1) is 0 Å². The van der Waals surface area contributed by atoms with E-state index in [1.54, 1.807) is 0 Å². The Morgan fingerprint density at radius 2 is 1.90 bits per heavy atom. The van der Waals surface area contributed by atoms with Crippen LogP contribution in [0.5, 0.6) is 0 Å². The predicted molar refractivity (Wildman–Crippen MR) is 72.3 cm³/mol. The molecule has 0 aliphatic carbocycles. The van der Waals surface area contributed by atoms with Gasteiger partial charge >= 0.3 is 18.0 Å². The molecule has 21 heavy (non-hydrogen) atoms. The third-order valence-electron chi connectivity index (χ3n) is 2.72. The molecule has 0 saturated carbocycles. The lowest BCUT2D eigenvalue weighted by molar-refractivity contribution is -0.141. The van der Waals surface area contributed by atoms with Gasteiger partial charge in [0.05, 0.1) is 7.11 Å². The molecule has 9 heteroatoms. The highest BCUT2D eigenvalue weighted by Crippen LogP contribution is 2.00. The summed E-state index contributed by atoms with van der Waals surface area (Å²) in [7, 11) is 2.74. The van der Waals surface area contributed by atoms with Gasteiger partial charge in [-0.3, -0.25) is 9.59 Å². The van der Waals surface area contributed by atoms with Gasteiger partial charge in [0.25, 0.3) is 0 Å². The number of aliphatic carboxylic acids is 1. The lowest BCUT2D eigenvalue weighted by Gasteiger charge is -2.21. The summed E-state index contributed by atoms with van der Waals surface area (Å²) in [5, 5.41) is 11.2. The molecule has 9 nitrogen and oxygen atoms in total. The van der Waals surface area contributed by atoms with Gasteiger partial charge in [-0.2, -0.15) is 0 Å². The van der Waals surface area contributed by atoms with Crippen molar-refractivity contribution in [2.24, 2.45) is 5.73 Å². The molecule has 0 radical (unpaired) electrons. The number of methoxy groups -OCH3 is 1. The van der Waals surface area contributed by atoms with Gasteiger partial charge in [0.15, 0.2) is 0 Å². The number of esters is 1. The second-order valence-corrected chi connectivity index (χ2v) is 4.45. The maximum absolute atomic E-state index is 11.8. The minimum absolute atomic E-state index is 0.0770. The summed E-state index contributed by atoms with van der Waals surface area (Å²) in [4.78, 5) is 45.5. The lowest BCUT2D eigenvalue weighted by atomic mass is 10.1. The van der Waals surface area contributed by atoms with Crippen molar-refractivity contribution in [1.82, 2.24) is 10.2 Å². The molecular weight excluding hydrogens is 282 g/mol. The van der Waals surface area contributed by atoms with Gasteiger partial charge in [0, 0.05) is 26.4 Å². The molecule has 0 saturated heterocycles. The van der Waals surface area contributed by atoms with E-state index in [0.717, 1.165) is 0 Å². The first-order valence-electron chi connectivity index (χ1n) is 6.37. The largest absolute Gasteiger partial charge is 0.480 e. The molecule has 0 aromatic heterocycles. The first kappa shape index (κ1) is 18.7. The quantitative estimate of drug-likeness (QED) is 0.481. The smallest absolute Gasteiger partial charge is 0.326 e. The van der Waals surface area contributed by atoms with Crippen LogP contribution in [-0.2, 0) is 19.1 Å². The zero-order chi connectivity index (χ0) is 16.4. The normalized spacial score (nSPS) is 11.3. The first-order chi connectivity index (χ1) is 9.77. The number of carbonyl (C=O) groups is 4. The van der Waals surface area contributed by atoms with Gasteiger partial charge in [0.2, 0.25) is 5.91 Å². The molecule has 0 heterocycles. The molecule has 0 aromatic rings. The summed E-state index contributed by atoms with van der Waals surface area (Å²) in [6.45, 7) is 0.267. The topological polar surface area (TPSA) is 139 Å². The van der Waals surface area contributed by atoms with Gasteiger partial charge in [-0.1, -0.05) is 0 Å². The number of carboxylic acid groups (broad SMARTS) is 1. The number of nitrogens with one attached hydrogen (secondary N) is 1. The minimum Gasteiger partial charge on any atom is -0.480 e. The molecule has 0 spiro atoms. The second kappa shape index (κ2) is 9.56. The third kappa shape index (κ3) is 8.45. The number of carbonyl (C=O) groups excluding carboxylic acids is 3. The number of nitrogens with two attached hydrogens (primary N) is 1. The van der Waals surface area contributed by atoms with Crippen molar-refractivity contribution >= 4 is 23.9 Å². The fourth-order valence-electron chi connectivity index (χ4n) is 1.47. The Labute approximate surface area is 122 Å². The number of rotatable bonds is 9. The van der Waals surface area contributed by atoms with Gasteiger partial charge in [0.1, 0.15) is 6.04 Å². The number of nitrogens with zero attached hydrogens (tertiary/aromatic N) is 1. The molecule has 0 bridgehead atoms. The summed E-state index contributed by atoms with van der Waals surface area (Å²) in [6, 6.07) is -1.79. The van der Waals surface area contributed by atoms with Crippen LogP contribution in [0.15, 0.2) is 0 Å². The van der Waals surface area contributed by atoms with Crippen molar-refractivity contribution in [3.8, 4) is 0 Å². The zero-order valence-corrected chi connectivity index (χ0v) is 12.1. The van der Waals surface area contributed by atoms with Crippen molar-refractivity contribution in [3.05, 3.63) is 0 Å². The Morgan fingerprint density at radius 3 is 2.38 bits per heavy atom. The Morgan fingerprint density at radius 1 is 1.29 bits per heavy atom. The van der Waals surface area contributed by atoms with Crippen molar-refractivity contribution < 1.29 is 29.0 Å². The van der Waals surface area contributed by atoms with E-state index in [-0.39, 0.29) is 31.8 Å². The Bertz CT molecular complexity index is 398. The van der Waals surface area contributed by atoms with Crippen molar-refractivity contribution in [2.45, 2.75) is 31.7 Å². The van der Waals surface area contributed by atoms with Gasteiger partial charge in [-0.15, -0.1) is 0 Å². The number of hydrogen-bond acceptors (Lipinski definition) is 5. The van der Waals surface area contributed by atoms with Crippen LogP contribution in [0.3, 0.4) is 0 Å². The number of ether oxygens (including phenoxy) is 1. The van der Waals surface area contributed by atoms with Crippen molar-refractivity contribution in [1.29, 1.82) is 0 Å². The Balaban J connectivity index is 4.24. The number of urea groups is 1. The number of carboxylic acids is 1. The predicted octanol–water partition coefficient (Wildman–Crippen LogP) is -0.700. The fraction of sp³-hybridized carbons (Fsp3) is 0.667. The molecule has 0 aliphatic heterocycles. The standard InChI is InChI=1S/C12H21N3O6/c1-15(7-3-4-10(17)21-2)12(20)14-8(11(18)19)5-6-9(13)16/h8H,3-7H2,1-2H3,(H2,13,16)(H,14,20)(H,18,19)/t8-/m0/s1. The molecule has 120 valence electrons. The van der Waals surface area contributed by atoms with E-state index in [2.05, 4.69) is 10.1 Å². The van der Waals surface area contributed by atoms with Crippen LogP contribution in [0.4, 0.5) is 4.79 Å². The highest BCUT2D eigenvalue weighted by Gasteiger charge is 2.22. The van der Waals surface area contributed by atoms with Crippen LogP contribution < -0.4 is 11.1 Å². The van der Waals surface area contributed by atoms with Crippen LogP contribution in [0.25, 0.3) is 0 Å². The zero-order valence-electron chi connectivity index (χ0n) is 12.1. The first-order valence-corrected chi connectivity index (χ1v) is 6.37. The number of primary amides is 1. The molecule has 0 fully saturated rings. The molecule has 4 N–H and O–H groups in total. The maximum atomic E-state index is 11.8. The van der Waals surface area contributed by atoms with Crippen molar-refractivity contribution in [2.75, 3.05) is 20.7 Å². The second-order valence-electron chi connectivity index (χ2n) is 4.45. The van der Waals surface area contributed by atoms with E-state index in [9.17, 15) is 19.2 Å². The third-order valence-corrected chi connectivity index (χ3v) is 2.72. The summed E-state index contributed by atoms with van der Waals surface area (Å²) >= 11 is 0. The van der Waals surface area contributed by atoms with Crippen LogP contribution >= 0.6 is 0 Å².